The molecule has 0 saturated heterocycles. The van der Waals surface area contributed by atoms with Gasteiger partial charge in [0, 0.05) is 37.8 Å². The smallest absolute Gasteiger partial charge is 0.276 e. The van der Waals surface area contributed by atoms with Crippen molar-refractivity contribution in [1.29, 1.82) is 0 Å². The second kappa shape index (κ2) is 8.92. The maximum Gasteiger partial charge on any atom is 0.276 e. The van der Waals surface area contributed by atoms with Crippen molar-refractivity contribution in [3.63, 3.8) is 0 Å². The predicted octanol–water partition coefficient (Wildman–Crippen LogP) is 3.47. The van der Waals surface area contributed by atoms with Crippen molar-refractivity contribution in [3.05, 3.63) is 64.4 Å². The average Bonchev–Trinajstić information content (AvgIpc) is 3.30. The van der Waals surface area contributed by atoms with Gasteiger partial charge in [-0.15, -0.1) is 10.2 Å². The van der Waals surface area contributed by atoms with Crippen molar-refractivity contribution < 1.29 is 14.1 Å². The standard InChI is InChI=1S/C26H29N7O3/c1-16-6-4-5-7-22(16)35-14-20-17(2)36-30-24(20)26(34)32-11-10-21-19(13-32)23(29-31(21)3)25-28-27-15-33(25)12-18-8-9-18/h4-7,15,18H,8-14H2,1-3H3. The van der Waals surface area contributed by atoms with Crippen LogP contribution in [0.5, 0.6) is 5.75 Å². The lowest BCUT2D eigenvalue weighted by atomic mass is 10.0. The number of aryl methyl sites for hydroxylation is 3. The third kappa shape index (κ3) is 4.06. The van der Waals surface area contributed by atoms with Crippen LogP contribution in [0.2, 0.25) is 0 Å². The van der Waals surface area contributed by atoms with Crippen molar-refractivity contribution in [1.82, 2.24) is 34.6 Å². The molecule has 10 nitrogen and oxygen atoms in total. The summed E-state index contributed by atoms with van der Waals surface area (Å²) in [4.78, 5) is 15.4. The molecule has 0 radical (unpaired) electrons. The zero-order valence-corrected chi connectivity index (χ0v) is 20.8. The molecule has 0 atom stereocenters. The molecule has 36 heavy (non-hydrogen) atoms. The van der Waals surface area contributed by atoms with Gasteiger partial charge >= 0.3 is 0 Å². The normalized spacial score (nSPS) is 15.2. The largest absolute Gasteiger partial charge is 0.488 e. The number of hydrogen-bond acceptors (Lipinski definition) is 7. The maximum atomic E-state index is 13.6. The summed E-state index contributed by atoms with van der Waals surface area (Å²) in [5.41, 5.74) is 4.93. The summed E-state index contributed by atoms with van der Waals surface area (Å²) in [6.07, 6.45) is 4.97. The number of carbonyl (C=O) groups excluding carboxylic acids is 1. The van der Waals surface area contributed by atoms with Gasteiger partial charge in [0.1, 0.15) is 30.1 Å². The average molecular weight is 488 g/mol. The van der Waals surface area contributed by atoms with E-state index in [1.165, 1.54) is 12.8 Å². The Morgan fingerprint density at radius 3 is 2.86 bits per heavy atom. The van der Waals surface area contributed by atoms with Gasteiger partial charge in [0.15, 0.2) is 11.5 Å². The Hall–Kier alpha value is -3.95. The number of nitrogens with zero attached hydrogens (tertiary/aromatic N) is 7. The first-order valence-electron chi connectivity index (χ1n) is 12.4. The summed E-state index contributed by atoms with van der Waals surface area (Å²) >= 11 is 0. The molecule has 10 heteroatoms. The van der Waals surface area contributed by atoms with E-state index in [1.807, 2.05) is 47.8 Å². The summed E-state index contributed by atoms with van der Waals surface area (Å²) in [5.74, 6) is 2.63. The van der Waals surface area contributed by atoms with Gasteiger partial charge in [0.05, 0.1) is 12.1 Å². The van der Waals surface area contributed by atoms with Crippen LogP contribution >= 0.6 is 0 Å². The summed E-state index contributed by atoms with van der Waals surface area (Å²) in [7, 11) is 1.95. The predicted molar refractivity (Wildman–Crippen MR) is 130 cm³/mol. The molecular weight excluding hydrogens is 458 g/mol. The fourth-order valence-electron chi connectivity index (χ4n) is 4.84. The number of amides is 1. The fraction of sp³-hybridized carbons (Fsp3) is 0.423. The minimum Gasteiger partial charge on any atom is -0.488 e. The van der Waals surface area contributed by atoms with E-state index in [-0.39, 0.29) is 12.5 Å². The first kappa shape index (κ1) is 22.5. The van der Waals surface area contributed by atoms with Crippen LogP contribution in [0.3, 0.4) is 0 Å². The molecule has 1 aromatic carbocycles. The molecule has 1 aliphatic carbocycles. The van der Waals surface area contributed by atoms with Gasteiger partial charge in [-0.2, -0.15) is 5.10 Å². The van der Waals surface area contributed by atoms with Crippen LogP contribution in [0, 0.1) is 19.8 Å². The number of para-hydroxylation sites is 1. The molecule has 2 aliphatic rings. The number of carbonyl (C=O) groups is 1. The van der Waals surface area contributed by atoms with Crippen LogP contribution in [-0.2, 0) is 33.2 Å². The molecule has 3 aromatic heterocycles. The molecular formula is C26H29N7O3. The van der Waals surface area contributed by atoms with Crippen molar-refractivity contribution in [2.24, 2.45) is 13.0 Å². The number of ether oxygens (including phenoxy) is 1. The van der Waals surface area contributed by atoms with Crippen LogP contribution in [-0.4, -0.2) is 47.1 Å². The van der Waals surface area contributed by atoms with Crippen molar-refractivity contribution in [2.75, 3.05) is 6.54 Å². The van der Waals surface area contributed by atoms with E-state index < -0.39 is 0 Å². The minimum absolute atomic E-state index is 0.171. The second-order valence-corrected chi connectivity index (χ2v) is 9.74. The Morgan fingerprint density at radius 2 is 2.06 bits per heavy atom. The van der Waals surface area contributed by atoms with Gasteiger partial charge in [-0.3, -0.25) is 9.48 Å². The van der Waals surface area contributed by atoms with E-state index in [9.17, 15) is 4.79 Å². The molecule has 0 N–H and O–H groups in total. The number of aromatic nitrogens is 6. The zero-order chi connectivity index (χ0) is 24.8. The minimum atomic E-state index is -0.171. The molecule has 186 valence electrons. The lowest BCUT2D eigenvalue weighted by molar-refractivity contribution is 0.0720. The van der Waals surface area contributed by atoms with Crippen LogP contribution in [0.25, 0.3) is 11.5 Å². The van der Waals surface area contributed by atoms with Crippen LogP contribution in [0.15, 0.2) is 35.1 Å². The van der Waals surface area contributed by atoms with Crippen LogP contribution in [0.4, 0.5) is 0 Å². The highest BCUT2D eigenvalue weighted by atomic mass is 16.5. The third-order valence-corrected chi connectivity index (χ3v) is 7.16. The SMILES string of the molecule is Cc1ccccc1OCc1c(C(=O)N2CCc3c(c(-c4nncn4CC4CC4)nn3C)C2)noc1C. The highest BCUT2D eigenvalue weighted by Gasteiger charge is 2.33. The van der Waals surface area contributed by atoms with E-state index in [0.717, 1.165) is 40.6 Å². The monoisotopic (exact) mass is 487 g/mol. The summed E-state index contributed by atoms with van der Waals surface area (Å²) in [5, 5.41) is 17.4. The fourth-order valence-corrected chi connectivity index (χ4v) is 4.84. The van der Waals surface area contributed by atoms with E-state index in [1.54, 1.807) is 13.3 Å². The number of fused-ring (bicyclic) bond motifs is 1. The van der Waals surface area contributed by atoms with Crippen molar-refractivity contribution in [3.8, 4) is 17.3 Å². The van der Waals surface area contributed by atoms with Gasteiger partial charge in [0.2, 0.25) is 0 Å². The van der Waals surface area contributed by atoms with Crippen molar-refractivity contribution >= 4 is 5.91 Å². The number of benzene rings is 1. The lowest BCUT2D eigenvalue weighted by Gasteiger charge is -2.27. The van der Waals surface area contributed by atoms with Gasteiger partial charge in [-0.05, 0) is 44.2 Å². The highest BCUT2D eigenvalue weighted by molar-refractivity contribution is 5.94. The molecule has 1 amide bonds. The summed E-state index contributed by atoms with van der Waals surface area (Å²) in [6, 6.07) is 7.80. The molecule has 1 fully saturated rings. The van der Waals surface area contributed by atoms with Gasteiger partial charge < -0.3 is 18.7 Å². The maximum absolute atomic E-state index is 13.6. The van der Waals surface area contributed by atoms with Crippen LogP contribution < -0.4 is 4.74 Å². The Bertz CT molecular complexity index is 1430. The quantitative estimate of drug-likeness (QED) is 0.393. The Kier molecular flexibility index (Phi) is 5.58. The number of rotatable bonds is 7. The summed E-state index contributed by atoms with van der Waals surface area (Å²) in [6.45, 7) is 5.91. The highest BCUT2D eigenvalue weighted by Crippen LogP contribution is 2.34. The van der Waals surface area contributed by atoms with E-state index in [4.69, 9.17) is 14.4 Å². The Morgan fingerprint density at radius 1 is 1.22 bits per heavy atom. The van der Waals surface area contributed by atoms with E-state index in [2.05, 4.69) is 19.9 Å². The first-order valence-corrected chi connectivity index (χ1v) is 12.4. The lowest BCUT2D eigenvalue weighted by Crippen LogP contribution is -2.37. The Labute approximate surface area is 208 Å². The topological polar surface area (TPSA) is 104 Å². The van der Waals surface area contributed by atoms with Gasteiger partial charge in [0.25, 0.3) is 5.91 Å². The third-order valence-electron chi connectivity index (χ3n) is 7.16. The van der Waals surface area contributed by atoms with Gasteiger partial charge in [-0.25, -0.2) is 0 Å². The molecule has 0 spiro atoms. The van der Waals surface area contributed by atoms with Crippen molar-refractivity contribution in [2.45, 2.75) is 52.8 Å². The molecule has 0 bridgehead atoms. The number of hydrogen-bond donors (Lipinski definition) is 0. The second-order valence-electron chi connectivity index (χ2n) is 9.74. The first-order chi connectivity index (χ1) is 17.5. The van der Waals surface area contributed by atoms with E-state index in [0.29, 0.717) is 42.4 Å². The molecule has 1 aliphatic heterocycles. The van der Waals surface area contributed by atoms with E-state index >= 15 is 0 Å². The molecule has 0 unspecified atom stereocenters. The molecule has 4 aromatic rings. The molecule has 4 heterocycles. The molecule has 1 saturated carbocycles. The summed E-state index contributed by atoms with van der Waals surface area (Å²) < 4.78 is 15.4. The zero-order valence-electron chi connectivity index (χ0n) is 20.8. The Balaban J connectivity index is 1.25. The van der Waals surface area contributed by atoms with Crippen LogP contribution in [0.1, 0.15) is 51.5 Å². The van der Waals surface area contributed by atoms with Gasteiger partial charge in [-0.1, -0.05) is 23.4 Å². The molecule has 6 rings (SSSR count).